The van der Waals surface area contributed by atoms with Gasteiger partial charge in [0.1, 0.15) is 0 Å². The topological polar surface area (TPSA) is 88.2 Å². The molecule has 106 valence electrons. The van der Waals surface area contributed by atoms with Gasteiger partial charge in [0.05, 0.1) is 5.69 Å². The van der Waals surface area contributed by atoms with Crippen LogP contribution in [0.3, 0.4) is 0 Å². The summed E-state index contributed by atoms with van der Waals surface area (Å²) in [5.74, 6) is -1.10. The lowest BCUT2D eigenvalue weighted by molar-refractivity contribution is 0.0688. The first kappa shape index (κ1) is 13.3. The van der Waals surface area contributed by atoms with Crippen molar-refractivity contribution in [3.8, 4) is 5.69 Å². The minimum absolute atomic E-state index is 0.0323. The summed E-state index contributed by atoms with van der Waals surface area (Å²) in [4.78, 5) is 15.3. The summed E-state index contributed by atoms with van der Waals surface area (Å²) in [6, 6.07) is 7.53. The molecule has 6 heteroatoms. The molecular formula is C15H13N3O3. The van der Waals surface area contributed by atoms with Gasteiger partial charge in [0.2, 0.25) is 0 Å². The second kappa shape index (κ2) is 5.34. The van der Waals surface area contributed by atoms with Crippen LogP contribution in [0.5, 0.6) is 0 Å². The number of carbonyl (C=O) groups is 1. The van der Waals surface area contributed by atoms with E-state index in [0.29, 0.717) is 5.56 Å². The lowest BCUT2D eigenvalue weighted by Gasteiger charge is -2.05. The molecule has 21 heavy (non-hydrogen) atoms. The van der Waals surface area contributed by atoms with Gasteiger partial charge in [-0.25, -0.2) is 9.48 Å². The van der Waals surface area contributed by atoms with Crippen molar-refractivity contribution in [2.24, 2.45) is 0 Å². The molecule has 0 radical (unpaired) electrons. The van der Waals surface area contributed by atoms with Crippen molar-refractivity contribution in [1.29, 1.82) is 0 Å². The van der Waals surface area contributed by atoms with Crippen LogP contribution < -0.4 is 0 Å². The van der Waals surface area contributed by atoms with Gasteiger partial charge < -0.3 is 10.2 Å². The molecular weight excluding hydrogens is 270 g/mol. The number of benzene rings is 1. The van der Waals surface area contributed by atoms with Crippen LogP contribution in [0.1, 0.15) is 16.1 Å². The van der Waals surface area contributed by atoms with Gasteiger partial charge in [-0.15, -0.1) is 0 Å². The third kappa shape index (κ3) is 2.36. The average Bonchev–Trinajstić information content (AvgIpc) is 2.91. The molecule has 0 spiro atoms. The van der Waals surface area contributed by atoms with Crippen LogP contribution in [-0.2, 0) is 6.42 Å². The fraction of sp³-hybridized carbons (Fsp3) is 0.133. The number of hydrogen-bond donors (Lipinski definition) is 2. The normalized spacial score (nSPS) is 10.9. The largest absolute Gasteiger partial charge is 0.476 e. The number of nitrogens with zero attached hydrogens (tertiary/aromatic N) is 3. The predicted molar refractivity (Wildman–Crippen MR) is 76.6 cm³/mol. The fourth-order valence-electron chi connectivity index (χ4n) is 2.32. The number of pyridine rings is 1. The van der Waals surface area contributed by atoms with E-state index in [0.717, 1.165) is 16.5 Å². The summed E-state index contributed by atoms with van der Waals surface area (Å²) in [7, 11) is 0. The zero-order valence-corrected chi connectivity index (χ0v) is 11.1. The minimum atomic E-state index is -1.10. The van der Waals surface area contributed by atoms with Gasteiger partial charge in [-0.05, 0) is 18.6 Å². The quantitative estimate of drug-likeness (QED) is 0.760. The number of fused-ring (bicyclic) bond motifs is 1. The van der Waals surface area contributed by atoms with E-state index >= 15 is 0 Å². The van der Waals surface area contributed by atoms with Crippen molar-refractivity contribution in [2.45, 2.75) is 6.42 Å². The molecule has 3 rings (SSSR count). The number of rotatable bonds is 4. The molecule has 0 aliphatic rings. The molecule has 0 bridgehead atoms. The summed E-state index contributed by atoms with van der Waals surface area (Å²) >= 11 is 0. The van der Waals surface area contributed by atoms with Crippen molar-refractivity contribution in [3.63, 3.8) is 0 Å². The number of aliphatic hydroxyl groups excluding tert-OH is 1. The van der Waals surface area contributed by atoms with Crippen molar-refractivity contribution in [2.75, 3.05) is 6.61 Å². The minimum Gasteiger partial charge on any atom is -0.476 e. The molecule has 0 amide bonds. The van der Waals surface area contributed by atoms with Crippen molar-refractivity contribution in [3.05, 3.63) is 54.1 Å². The monoisotopic (exact) mass is 283 g/mol. The van der Waals surface area contributed by atoms with Crippen LogP contribution >= 0.6 is 0 Å². The Morgan fingerprint density at radius 2 is 2.14 bits per heavy atom. The maximum absolute atomic E-state index is 11.2. The summed E-state index contributed by atoms with van der Waals surface area (Å²) in [6.45, 7) is -0.120. The molecule has 0 aliphatic heterocycles. The highest BCUT2D eigenvalue weighted by atomic mass is 16.4. The second-order valence-electron chi connectivity index (χ2n) is 4.60. The van der Waals surface area contributed by atoms with Crippen molar-refractivity contribution < 1.29 is 15.0 Å². The molecule has 0 saturated heterocycles. The van der Waals surface area contributed by atoms with E-state index in [1.165, 1.54) is 4.68 Å². The van der Waals surface area contributed by atoms with Crippen LogP contribution in [0.2, 0.25) is 0 Å². The van der Waals surface area contributed by atoms with E-state index in [9.17, 15) is 9.90 Å². The summed E-state index contributed by atoms with van der Waals surface area (Å²) in [5.41, 5.74) is 1.26. The number of aromatic nitrogens is 3. The Hall–Kier alpha value is -2.73. The highest BCUT2D eigenvalue weighted by molar-refractivity contribution is 5.90. The summed E-state index contributed by atoms with van der Waals surface area (Å²) in [5, 5.41) is 24.3. The first-order valence-corrected chi connectivity index (χ1v) is 6.46. The smallest absolute Gasteiger partial charge is 0.356 e. The molecule has 2 N–H and O–H groups in total. The Labute approximate surface area is 120 Å². The van der Waals surface area contributed by atoms with Gasteiger partial charge in [-0.3, -0.25) is 4.98 Å². The van der Waals surface area contributed by atoms with Crippen molar-refractivity contribution in [1.82, 2.24) is 14.8 Å². The van der Waals surface area contributed by atoms with Crippen LogP contribution in [0.25, 0.3) is 16.5 Å². The highest BCUT2D eigenvalue weighted by Crippen LogP contribution is 2.22. The number of carboxylic acids is 1. The number of hydrogen-bond acceptors (Lipinski definition) is 4. The molecule has 2 aromatic heterocycles. The maximum Gasteiger partial charge on any atom is 0.356 e. The van der Waals surface area contributed by atoms with E-state index in [4.69, 9.17) is 5.11 Å². The highest BCUT2D eigenvalue weighted by Gasteiger charge is 2.16. The van der Waals surface area contributed by atoms with Crippen LogP contribution in [0, 0.1) is 0 Å². The van der Waals surface area contributed by atoms with Gasteiger partial charge in [0, 0.05) is 41.5 Å². The van der Waals surface area contributed by atoms with E-state index in [2.05, 4.69) is 10.1 Å². The van der Waals surface area contributed by atoms with E-state index in [1.807, 2.05) is 24.3 Å². The standard InChI is InChI=1S/C15H13N3O3/c19-7-5-11-9-18(17-14(11)15(20)21)13-3-1-2-10-8-16-6-4-12(10)13/h1-4,6,8-9,19H,5,7H2,(H,20,21). The molecule has 0 aliphatic carbocycles. The van der Waals surface area contributed by atoms with Gasteiger partial charge in [-0.1, -0.05) is 12.1 Å². The Balaban J connectivity index is 2.19. The van der Waals surface area contributed by atoms with Gasteiger partial charge in [-0.2, -0.15) is 5.10 Å². The van der Waals surface area contributed by atoms with Gasteiger partial charge in [0.25, 0.3) is 0 Å². The maximum atomic E-state index is 11.2. The number of aromatic carboxylic acids is 1. The fourth-order valence-corrected chi connectivity index (χ4v) is 2.32. The molecule has 6 nitrogen and oxygen atoms in total. The molecule has 0 fully saturated rings. The Kier molecular flexibility index (Phi) is 3.37. The lowest BCUT2D eigenvalue weighted by Crippen LogP contribution is -2.04. The second-order valence-corrected chi connectivity index (χ2v) is 4.60. The Morgan fingerprint density at radius 3 is 2.90 bits per heavy atom. The molecule has 3 aromatic rings. The van der Waals surface area contributed by atoms with E-state index in [1.54, 1.807) is 18.6 Å². The third-order valence-corrected chi connectivity index (χ3v) is 3.28. The van der Waals surface area contributed by atoms with Crippen LogP contribution in [0.15, 0.2) is 42.9 Å². The van der Waals surface area contributed by atoms with Crippen LogP contribution in [0.4, 0.5) is 0 Å². The average molecular weight is 283 g/mol. The van der Waals surface area contributed by atoms with Crippen molar-refractivity contribution >= 4 is 16.7 Å². The summed E-state index contributed by atoms with van der Waals surface area (Å²) < 4.78 is 1.54. The zero-order valence-electron chi connectivity index (χ0n) is 11.1. The Bertz CT molecular complexity index is 806. The molecule has 0 unspecified atom stereocenters. The lowest BCUT2D eigenvalue weighted by atomic mass is 10.1. The third-order valence-electron chi connectivity index (χ3n) is 3.28. The zero-order chi connectivity index (χ0) is 14.8. The van der Waals surface area contributed by atoms with Gasteiger partial charge >= 0.3 is 5.97 Å². The first-order chi connectivity index (χ1) is 10.2. The molecule has 2 heterocycles. The molecule has 0 atom stereocenters. The summed E-state index contributed by atoms with van der Waals surface area (Å²) in [6.07, 6.45) is 5.33. The van der Waals surface area contributed by atoms with Gasteiger partial charge in [0.15, 0.2) is 5.69 Å². The molecule has 0 saturated carbocycles. The number of aliphatic hydroxyl groups is 1. The Morgan fingerprint density at radius 1 is 1.29 bits per heavy atom. The SMILES string of the molecule is O=C(O)c1nn(-c2cccc3cnccc23)cc1CCO. The predicted octanol–water partition coefficient (Wildman–Crippen LogP) is 1.65. The first-order valence-electron chi connectivity index (χ1n) is 6.46. The van der Waals surface area contributed by atoms with E-state index < -0.39 is 5.97 Å². The van der Waals surface area contributed by atoms with E-state index in [-0.39, 0.29) is 18.7 Å². The van der Waals surface area contributed by atoms with Crippen LogP contribution in [-0.4, -0.2) is 37.6 Å². The number of carboxylic acid groups (broad SMARTS) is 1. The molecule has 1 aromatic carbocycles.